The zero-order chi connectivity index (χ0) is 19.2. The van der Waals surface area contributed by atoms with Crippen LogP contribution >= 0.6 is 0 Å². The highest BCUT2D eigenvalue weighted by atomic mass is 16.5. The Hall–Kier alpha value is -2.89. The number of likely N-dealkylation sites (tertiary alicyclic amines) is 1. The second kappa shape index (κ2) is 8.66. The van der Waals surface area contributed by atoms with E-state index in [-0.39, 0.29) is 24.9 Å². The first-order valence-electron chi connectivity index (χ1n) is 9.16. The van der Waals surface area contributed by atoms with Gasteiger partial charge in [0, 0.05) is 30.5 Å². The molecular weight excluding hydrogens is 344 g/mol. The topological polar surface area (TPSA) is 79.7 Å². The van der Waals surface area contributed by atoms with Crippen molar-refractivity contribution >= 4 is 11.9 Å². The first kappa shape index (κ1) is 18.9. The van der Waals surface area contributed by atoms with Gasteiger partial charge in [-0.05, 0) is 43.5 Å². The molecule has 1 aliphatic rings. The average Bonchev–Trinajstić information content (AvgIpc) is 2.67. The quantitative estimate of drug-likeness (QED) is 0.848. The summed E-state index contributed by atoms with van der Waals surface area (Å²) in [4.78, 5) is 29.7. The Balaban J connectivity index is 1.61. The molecule has 2 heterocycles. The van der Waals surface area contributed by atoms with Crippen LogP contribution in [-0.4, -0.2) is 39.5 Å². The van der Waals surface area contributed by atoms with Gasteiger partial charge in [0.05, 0.1) is 12.3 Å². The van der Waals surface area contributed by atoms with Gasteiger partial charge in [0.1, 0.15) is 12.4 Å². The molecule has 3 rings (SSSR count). The van der Waals surface area contributed by atoms with E-state index >= 15 is 0 Å². The molecule has 1 fully saturated rings. The molecule has 6 heteroatoms. The number of carbonyl (C=O) groups excluding carboxylic acids is 1. The van der Waals surface area contributed by atoms with Crippen molar-refractivity contribution in [3.8, 4) is 5.75 Å². The standard InChI is InChI=1S/C21H24N2O4/c1-15-7-8-18(21(25)26)13-23(15)20(24)11-16-4-2-6-19(10-16)27-14-17-5-3-9-22-12-17/h2-6,9-10,12,15,18H,7-8,11,13-14H2,1H3,(H,25,26). The van der Waals surface area contributed by atoms with E-state index in [1.165, 1.54) is 0 Å². The second-order valence-corrected chi connectivity index (χ2v) is 6.98. The summed E-state index contributed by atoms with van der Waals surface area (Å²) in [6.45, 7) is 2.67. The Kier molecular flexibility index (Phi) is 6.06. The zero-order valence-electron chi connectivity index (χ0n) is 15.4. The monoisotopic (exact) mass is 368 g/mol. The first-order valence-corrected chi connectivity index (χ1v) is 9.16. The molecule has 1 aromatic carbocycles. The van der Waals surface area contributed by atoms with Crippen molar-refractivity contribution < 1.29 is 19.4 Å². The van der Waals surface area contributed by atoms with Gasteiger partial charge in [-0.1, -0.05) is 18.2 Å². The van der Waals surface area contributed by atoms with E-state index in [0.29, 0.717) is 18.8 Å². The molecule has 0 saturated carbocycles. The SMILES string of the molecule is CC1CCC(C(=O)O)CN1C(=O)Cc1cccc(OCc2cccnc2)c1. The fourth-order valence-electron chi connectivity index (χ4n) is 3.33. The third-order valence-electron chi connectivity index (χ3n) is 4.93. The number of pyridine rings is 1. The van der Waals surface area contributed by atoms with E-state index < -0.39 is 11.9 Å². The molecule has 1 amide bonds. The fraction of sp³-hybridized carbons (Fsp3) is 0.381. The molecule has 2 aromatic rings. The van der Waals surface area contributed by atoms with Crippen LogP contribution in [0.2, 0.25) is 0 Å². The largest absolute Gasteiger partial charge is 0.489 e. The number of carboxylic acids is 1. The van der Waals surface area contributed by atoms with E-state index in [1.54, 1.807) is 17.3 Å². The highest BCUT2D eigenvalue weighted by molar-refractivity contribution is 5.80. The highest BCUT2D eigenvalue weighted by Crippen LogP contribution is 2.23. The number of carbonyl (C=O) groups is 2. The predicted molar refractivity (Wildman–Crippen MR) is 100 cm³/mol. The lowest BCUT2D eigenvalue weighted by Crippen LogP contribution is -2.47. The number of aromatic nitrogens is 1. The Morgan fingerprint density at radius 1 is 1.22 bits per heavy atom. The molecule has 0 spiro atoms. The van der Waals surface area contributed by atoms with Crippen LogP contribution in [-0.2, 0) is 22.6 Å². The summed E-state index contributed by atoms with van der Waals surface area (Å²) in [5.41, 5.74) is 1.83. The number of rotatable bonds is 6. The Morgan fingerprint density at radius 3 is 2.78 bits per heavy atom. The van der Waals surface area contributed by atoms with Crippen LogP contribution in [0.5, 0.6) is 5.75 Å². The first-order chi connectivity index (χ1) is 13.0. The van der Waals surface area contributed by atoms with Crippen molar-refractivity contribution in [2.45, 2.75) is 38.8 Å². The highest BCUT2D eigenvalue weighted by Gasteiger charge is 2.32. The molecule has 1 saturated heterocycles. The number of carboxylic acid groups (broad SMARTS) is 1. The minimum atomic E-state index is -0.828. The molecule has 0 bridgehead atoms. The molecule has 1 aliphatic heterocycles. The van der Waals surface area contributed by atoms with Gasteiger partial charge in [0.2, 0.25) is 5.91 Å². The number of benzene rings is 1. The van der Waals surface area contributed by atoms with Crippen molar-refractivity contribution in [3.63, 3.8) is 0 Å². The van der Waals surface area contributed by atoms with Crippen molar-refractivity contribution in [2.75, 3.05) is 6.54 Å². The van der Waals surface area contributed by atoms with Crippen molar-refractivity contribution in [3.05, 3.63) is 59.9 Å². The number of hydrogen-bond acceptors (Lipinski definition) is 4. The van der Waals surface area contributed by atoms with E-state index in [1.807, 2.05) is 43.3 Å². The van der Waals surface area contributed by atoms with Crippen LogP contribution in [0.15, 0.2) is 48.8 Å². The third-order valence-corrected chi connectivity index (χ3v) is 4.93. The van der Waals surface area contributed by atoms with Crippen LogP contribution in [0.4, 0.5) is 0 Å². The summed E-state index contributed by atoms with van der Waals surface area (Å²) < 4.78 is 5.79. The maximum Gasteiger partial charge on any atom is 0.308 e. The van der Waals surface area contributed by atoms with Crippen LogP contribution in [0.25, 0.3) is 0 Å². The van der Waals surface area contributed by atoms with Gasteiger partial charge in [-0.3, -0.25) is 14.6 Å². The summed E-state index contributed by atoms with van der Waals surface area (Å²) in [5, 5.41) is 9.24. The van der Waals surface area contributed by atoms with Gasteiger partial charge < -0.3 is 14.7 Å². The molecule has 2 unspecified atom stereocenters. The lowest BCUT2D eigenvalue weighted by atomic mass is 9.93. The number of ether oxygens (including phenoxy) is 1. The Labute approximate surface area is 158 Å². The lowest BCUT2D eigenvalue weighted by molar-refractivity contribution is -0.146. The molecule has 27 heavy (non-hydrogen) atoms. The number of hydrogen-bond donors (Lipinski definition) is 1. The molecule has 1 N–H and O–H groups in total. The van der Waals surface area contributed by atoms with Crippen LogP contribution in [0.3, 0.4) is 0 Å². The molecule has 0 radical (unpaired) electrons. The third kappa shape index (κ3) is 5.06. The fourth-order valence-corrected chi connectivity index (χ4v) is 3.33. The normalized spacial score (nSPS) is 19.5. The van der Waals surface area contributed by atoms with Crippen molar-refractivity contribution in [1.82, 2.24) is 9.88 Å². The predicted octanol–water partition coefficient (Wildman–Crippen LogP) is 2.91. The van der Waals surface area contributed by atoms with E-state index in [2.05, 4.69) is 4.98 Å². The summed E-state index contributed by atoms with van der Waals surface area (Å²) in [6.07, 6.45) is 5.05. The summed E-state index contributed by atoms with van der Waals surface area (Å²) in [6, 6.07) is 11.3. The minimum absolute atomic E-state index is 0.0436. The van der Waals surface area contributed by atoms with Gasteiger partial charge in [0.25, 0.3) is 0 Å². The van der Waals surface area contributed by atoms with Crippen molar-refractivity contribution in [1.29, 1.82) is 0 Å². The van der Waals surface area contributed by atoms with Crippen LogP contribution in [0, 0.1) is 5.92 Å². The maximum absolute atomic E-state index is 12.7. The molecule has 0 aliphatic carbocycles. The smallest absolute Gasteiger partial charge is 0.308 e. The summed E-state index contributed by atoms with van der Waals surface area (Å²) in [7, 11) is 0. The number of amides is 1. The number of nitrogens with zero attached hydrogens (tertiary/aromatic N) is 2. The number of piperidine rings is 1. The molecule has 142 valence electrons. The molecule has 1 aromatic heterocycles. The van der Waals surface area contributed by atoms with E-state index in [9.17, 15) is 14.7 Å². The Bertz CT molecular complexity index is 794. The van der Waals surface area contributed by atoms with Gasteiger partial charge in [-0.15, -0.1) is 0 Å². The molecular formula is C21H24N2O4. The molecule has 6 nitrogen and oxygen atoms in total. The minimum Gasteiger partial charge on any atom is -0.489 e. The zero-order valence-corrected chi connectivity index (χ0v) is 15.4. The average molecular weight is 368 g/mol. The maximum atomic E-state index is 12.7. The van der Waals surface area contributed by atoms with Crippen LogP contribution in [0.1, 0.15) is 30.9 Å². The Morgan fingerprint density at radius 2 is 2.04 bits per heavy atom. The second-order valence-electron chi connectivity index (χ2n) is 6.98. The van der Waals surface area contributed by atoms with Gasteiger partial charge >= 0.3 is 5.97 Å². The van der Waals surface area contributed by atoms with Crippen LogP contribution < -0.4 is 4.74 Å². The number of aliphatic carboxylic acids is 1. The van der Waals surface area contributed by atoms with E-state index in [0.717, 1.165) is 17.5 Å². The molecule has 2 atom stereocenters. The lowest BCUT2D eigenvalue weighted by Gasteiger charge is -2.36. The summed E-state index contributed by atoms with van der Waals surface area (Å²) >= 11 is 0. The van der Waals surface area contributed by atoms with Gasteiger partial charge in [0.15, 0.2) is 0 Å². The van der Waals surface area contributed by atoms with Gasteiger partial charge in [-0.2, -0.15) is 0 Å². The summed E-state index contributed by atoms with van der Waals surface area (Å²) in [5.74, 6) is -0.651. The van der Waals surface area contributed by atoms with E-state index in [4.69, 9.17) is 4.74 Å². The van der Waals surface area contributed by atoms with Crippen molar-refractivity contribution in [2.24, 2.45) is 5.92 Å². The van der Waals surface area contributed by atoms with Gasteiger partial charge in [-0.25, -0.2) is 0 Å².